The van der Waals surface area contributed by atoms with Crippen molar-refractivity contribution in [3.8, 4) is 0 Å². The van der Waals surface area contributed by atoms with E-state index in [9.17, 15) is 20.1 Å². The van der Waals surface area contributed by atoms with E-state index >= 15 is 0 Å². The lowest BCUT2D eigenvalue weighted by Gasteiger charge is -2.19. The normalized spacial score (nSPS) is 16.6. The van der Waals surface area contributed by atoms with Crippen LogP contribution in [0.2, 0.25) is 0 Å². The van der Waals surface area contributed by atoms with E-state index in [1.165, 1.54) is 13.0 Å². The number of aliphatic hydroxyl groups excluding tert-OH is 4. The molecule has 3 atom stereocenters. The summed E-state index contributed by atoms with van der Waals surface area (Å²) in [5, 5.41) is 37.0. The summed E-state index contributed by atoms with van der Waals surface area (Å²) in [6.45, 7) is 2.23. The minimum absolute atomic E-state index is 0.0206. The van der Waals surface area contributed by atoms with Crippen molar-refractivity contribution in [3.63, 3.8) is 0 Å². The summed E-state index contributed by atoms with van der Waals surface area (Å²) in [5.41, 5.74) is 0.310. The molecule has 6 nitrogen and oxygen atoms in total. The Morgan fingerprint density at radius 1 is 1.41 bits per heavy atom. The van der Waals surface area contributed by atoms with Crippen LogP contribution in [-0.4, -0.2) is 45.0 Å². The second-order valence-corrected chi connectivity index (χ2v) is 3.86. The molecule has 96 valence electrons. The smallest absolute Gasteiger partial charge is 0.163 e. The highest BCUT2D eigenvalue weighted by molar-refractivity contribution is 5.95. The zero-order valence-electron chi connectivity index (χ0n) is 9.62. The number of Topliss-reactive ketones (excluding diaryl/α,β-unsaturated/α-hetero) is 1. The van der Waals surface area contributed by atoms with Crippen molar-refractivity contribution >= 4 is 5.78 Å². The van der Waals surface area contributed by atoms with Crippen molar-refractivity contribution in [2.75, 3.05) is 6.61 Å². The number of carbonyl (C=O) groups excluding carboxylic acids is 1. The van der Waals surface area contributed by atoms with Gasteiger partial charge in [0.2, 0.25) is 0 Å². The third kappa shape index (κ3) is 2.92. The highest BCUT2D eigenvalue weighted by Crippen LogP contribution is 2.24. The molecule has 1 rings (SSSR count). The first-order chi connectivity index (χ1) is 7.88. The Bertz CT molecular complexity index is 397. The van der Waals surface area contributed by atoms with E-state index in [-0.39, 0.29) is 11.5 Å². The minimum atomic E-state index is -1.58. The van der Waals surface area contributed by atoms with Gasteiger partial charge in [0.25, 0.3) is 0 Å². The van der Waals surface area contributed by atoms with Crippen molar-refractivity contribution in [1.29, 1.82) is 0 Å². The molecule has 17 heavy (non-hydrogen) atoms. The second kappa shape index (κ2) is 5.42. The van der Waals surface area contributed by atoms with Crippen molar-refractivity contribution in [3.05, 3.63) is 23.2 Å². The molecule has 1 aromatic heterocycles. The summed E-state index contributed by atoms with van der Waals surface area (Å²) in [6, 6.07) is 1.32. The van der Waals surface area contributed by atoms with Crippen LogP contribution >= 0.6 is 0 Å². The van der Waals surface area contributed by atoms with Crippen molar-refractivity contribution in [2.45, 2.75) is 32.2 Å². The molecule has 1 heterocycles. The third-order valence-corrected chi connectivity index (χ3v) is 2.51. The van der Waals surface area contributed by atoms with E-state index in [4.69, 9.17) is 9.52 Å². The Morgan fingerprint density at radius 3 is 2.41 bits per heavy atom. The van der Waals surface area contributed by atoms with Crippen molar-refractivity contribution in [2.24, 2.45) is 0 Å². The van der Waals surface area contributed by atoms with Crippen LogP contribution in [0, 0.1) is 6.92 Å². The Labute approximate surface area is 98.1 Å². The highest BCUT2D eigenvalue weighted by Gasteiger charge is 2.29. The molecule has 0 radical (unpaired) electrons. The van der Waals surface area contributed by atoms with Crippen molar-refractivity contribution in [1.82, 2.24) is 0 Å². The number of carbonyl (C=O) groups is 1. The van der Waals surface area contributed by atoms with Crippen LogP contribution < -0.4 is 0 Å². The Morgan fingerprint density at radius 2 is 2.00 bits per heavy atom. The van der Waals surface area contributed by atoms with Gasteiger partial charge in [-0.2, -0.15) is 0 Å². The topological polar surface area (TPSA) is 111 Å². The maximum Gasteiger partial charge on any atom is 0.163 e. The lowest BCUT2D eigenvalue weighted by atomic mass is 10.1. The lowest BCUT2D eigenvalue weighted by molar-refractivity contribution is -0.0837. The van der Waals surface area contributed by atoms with E-state index in [2.05, 4.69) is 0 Å². The van der Waals surface area contributed by atoms with Crippen molar-refractivity contribution < 1.29 is 29.6 Å². The Hall–Kier alpha value is -1.21. The molecule has 0 aliphatic carbocycles. The predicted molar refractivity (Wildman–Crippen MR) is 57.5 cm³/mol. The van der Waals surface area contributed by atoms with Gasteiger partial charge >= 0.3 is 0 Å². The maximum atomic E-state index is 11.2. The van der Waals surface area contributed by atoms with Crippen LogP contribution in [-0.2, 0) is 0 Å². The first-order valence-corrected chi connectivity index (χ1v) is 5.14. The number of ketones is 1. The molecular formula is C11H16O6. The predicted octanol–water partition coefficient (Wildman–Crippen LogP) is -0.462. The van der Waals surface area contributed by atoms with Gasteiger partial charge in [-0.25, -0.2) is 0 Å². The average Bonchev–Trinajstić information content (AvgIpc) is 2.68. The molecule has 0 aliphatic rings. The molecule has 0 aliphatic heterocycles. The van der Waals surface area contributed by atoms with Crippen LogP contribution in [0.3, 0.4) is 0 Å². The summed E-state index contributed by atoms with van der Waals surface area (Å²) in [6.07, 6.45) is -4.55. The molecule has 6 heteroatoms. The molecule has 0 saturated carbocycles. The molecule has 0 amide bonds. The SMILES string of the molecule is CC(=O)c1cc([C@@H](O)[C@@H](O)[C@H](O)CO)oc1C. The van der Waals surface area contributed by atoms with Crippen LogP contribution in [0.25, 0.3) is 0 Å². The quantitative estimate of drug-likeness (QED) is 0.521. The van der Waals surface area contributed by atoms with Crippen LogP contribution in [0.4, 0.5) is 0 Å². The van der Waals surface area contributed by atoms with E-state index in [1.807, 2.05) is 0 Å². The van der Waals surface area contributed by atoms with Crippen LogP contribution in [0.1, 0.15) is 34.9 Å². The van der Waals surface area contributed by atoms with Gasteiger partial charge in [-0.1, -0.05) is 0 Å². The maximum absolute atomic E-state index is 11.2. The van der Waals surface area contributed by atoms with Gasteiger partial charge in [0.15, 0.2) is 5.78 Å². The number of hydrogen-bond acceptors (Lipinski definition) is 6. The first kappa shape index (κ1) is 13.9. The largest absolute Gasteiger partial charge is 0.463 e. The first-order valence-electron chi connectivity index (χ1n) is 5.14. The number of rotatable bonds is 5. The molecule has 0 bridgehead atoms. The monoisotopic (exact) mass is 244 g/mol. The molecule has 4 N–H and O–H groups in total. The molecule has 0 aromatic carbocycles. The summed E-state index contributed by atoms with van der Waals surface area (Å²) >= 11 is 0. The lowest BCUT2D eigenvalue weighted by Crippen LogP contribution is -2.34. The van der Waals surface area contributed by atoms with E-state index < -0.39 is 24.9 Å². The van der Waals surface area contributed by atoms with Gasteiger partial charge in [0.05, 0.1) is 12.2 Å². The second-order valence-electron chi connectivity index (χ2n) is 3.86. The number of hydrogen-bond donors (Lipinski definition) is 4. The fourth-order valence-electron chi connectivity index (χ4n) is 1.49. The Kier molecular flexibility index (Phi) is 4.41. The molecule has 1 aromatic rings. The average molecular weight is 244 g/mol. The van der Waals surface area contributed by atoms with E-state index in [1.54, 1.807) is 6.92 Å². The molecule has 0 fully saturated rings. The van der Waals surface area contributed by atoms with Gasteiger partial charge < -0.3 is 24.8 Å². The highest BCUT2D eigenvalue weighted by atomic mass is 16.4. The molecule has 0 spiro atoms. The summed E-state index contributed by atoms with van der Waals surface area (Å²) in [5.74, 6) is 0.0897. The Balaban J connectivity index is 2.93. The fourth-order valence-corrected chi connectivity index (χ4v) is 1.49. The van der Waals surface area contributed by atoms with Gasteiger partial charge in [0, 0.05) is 0 Å². The minimum Gasteiger partial charge on any atom is -0.463 e. The zero-order valence-corrected chi connectivity index (χ0v) is 9.62. The van der Waals surface area contributed by atoms with Gasteiger partial charge in [-0.3, -0.25) is 4.79 Å². The summed E-state index contributed by atoms with van der Waals surface area (Å²) in [4.78, 5) is 11.2. The van der Waals surface area contributed by atoms with E-state index in [0.29, 0.717) is 11.3 Å². The molecule has 0 saturated heterocycles. The summed E-state index contributed by atoms with van der Waals surface area (Å²) < 4.78 is 5.13. The van der Waals surface area contributed by atoms with Gasteiger partial charge in [0.1, 0.15) is 29.8 Å². The van der Waals surface area contributed by atoms with Gasteiger partial charge in [-0.05, 0) is 19.9 Å². The number of furan rings is 1. The van der Waals surface area contributed by atoms with Crippen LogP contribution in [0.15, 0.2) is 10.5 Å². The standard InChI is InChI=1S/C11H16O6/c1-5(13)7-3-9(17-6(7)2)11(16)10(15)8(14)4-12/h3,8,10-12,14-16H,4H2,1-2H3/t8-,10+,11-/m1/s1. The van der Waals surface area contributed by atoms with E-state index in [0.717, 1.165) is 0 Å². The van der Waals surface area contributed by atoms with Gasteiger partial charge in [-0.15, -0.1) is 0 Å². The summed E-state index contributed by atoms with van der Waals surface area (Å²) in [7, 11) is 0. The molecular weight excluding hydrogens is 228 g/mol. The third-order valence-electron chi connectivity index (χ3n) is 2.51. The number of aliphatic hydroxyl groups is 4. The number of aryl methyl sites for hydroxylation is 1. The zero-order chi connectivity index (χ0) is 13.2. The fraction of sp³-hybridized carbons (Fsp3) is 0.545. The molecule has 0 unspecified atom stereocenters. The van der Waals surface area contributed by atoms with Crippen LogP contribution in [0.5, 0.6) is 0 Å².